The van der Waals surface area contributed by atoms with Gasteiger partial charge in [-0.3, -0.25) is 14.9 Å². The van der Waals surface area contributed by atoms with Crippen LogP contribution in [-0.4, -0.2) is 41.5 Å². The van der Waals surface area contributed by atoms with E-state index >= 15 is 0 Å². The molecule has 1 saturated heterocycles. The summed E-state index contributed by atoms with van der Waals surface area (Å²) in [6, 6.07) is 1.02. The van der Waals surface area contributed by atoms with Crippen molar-refractivity contribution in [1.82, 2.24) is 15.3 Å². The zero-order chi connectivity index (χ0) is 14.0. The van der Waals surface area contributed by atoms with Crippen molar-refractivity contribution in [2.75, 3.05) is 18.6 Å². The number of imide groups is 1. The number of carbonyl (C=O) groups is 2. The Labute approximate surface area is 114 Å². The van der Waals surface area contributed by atoms with E-state index in [-0.39, 0.29) is 30.1 Å². The molecule has 19 heavy (non-hydrogen) atoms. The third-order valence-electron chi connectivity index (χ3n) is 2.72. The second-order valence-electron chi connectivity index (χ2n) is 4.11. The van der Waals surface area contributed by atoms with Crippen LogP contribution in [-0.2, 0) is 20.9 Å². The first-order valence-electron chi connectivity index (χ1n) is 5.64. The van der Waals surface area contributed by atoms with Crippen LogP contribution in [0.25, 0.3) is 0 Å². The first-order chi connectivity index (χ1) is 9.01. The Morgan fingerprint density at radius 3 is 2.95 bits per heavy atom. The van der Waals surface area contributed by atoms with Crippen LogP contribution in [0.2, 0.25) is 5.15 Å². The van der Waals surface area contributed by atoms with Crippen molar-refractivity contribution in [2.24, 2.45) is 0 Å². The molecule has 0 radical (unpaired) electrons. The molecule has 1 aliphatic heterocycles. The minimum absolute atomic E-state index is 0.0483. The van der Waals surface area contributed by atoms with E-state index in [1.54, 1.807) is 11.8 Å². The van der Waals surface area contributed by atoms with Gasteiger partial charge in [0, 0.05) is 13.2 Å². The zero-order valence-corrected chi connectivity index (χ0v) is 11.3. The molecule has 0 aliphatic carbocycles. The lowest BCUT2D eigenvalue weighted by Gasteiger charge is -2.32. The highest BCUT2D eigenvalue weighted by molar-refractivity contribution is 6.29. The van der Waals surface area contributed by atoms with Gasteiger partial charge in [-0.2, -0.15) is 0 Å². The average molecular weight is 285 g/mol. The van der Waals surface area contributed by atoms with Crippen molar-refractivity contribution in [2.45, 2.75) is 19.6 Å². The van der Waals surface area contributed by atoms with Crippen molar-refractivity contribution in [3.63, 3.8) is 0 Å². The molecule has 1 aromatic heterocycles. The molecule has 1 atom stereocenters. The van der Waals surface area contributed by atoms with E-state index in [4.69, 9.17) is 16.3 Å². The fourth-order valence-electron chi connectivity index (χ4n) is 1.79. The maximum Gasteiger partial charge on any atom is 0.249 e. The molecule has 0 aromatic carbocycles. The molecule has 7 nitrogen and oxygen atoms in total. The van der Waals surface area contributed by atoms with Gasteiger partial charge in [-0.25, -0.2) is 9.97 Å². The zero-order valence-electron chi connectivity index (χ0n) is 10.5. The van der Waals surface area contributed by atoms with Crippen LogP contribution in [0.5, 0.6) is 0 Å². The predicted molar refractivity (Wildman–Crippen MR) is 67.7 cm³/mol. The Balaban J connectivity index is 2.34. The SMILES string of the molecule is COCc1nc(Cl)cc(N2CC(=O)NC(=O)C2C)n1. The van der Waals surface area contributed by atoms with Crippen molar-refractivity contribution in [3.8, 4) is 0 Å². The van der Waals surface area contributed by atoms with E-state index < -0.39 is 6.04 Å². The monoisotopic (exact) mass is 284 g/mol. The highest BCUT2D eigenvalue weighted by Gasteiger charge is 2.31. The number of nitrogens with one attached hydrogen (secondary N) is 1. The number of amides is 2. The first-order valence-corrected chi connectivity index (χ1v) is 6.02. The quantitative estimate of drug-likeness (QED) is 0.627. The van der Waals surface area contributed by atoms with Crippen molar-refractivity contribution < 1.29 is 14.3 Å². The fraction of sp³-hybridized carbons (Fsp3) is 0.455. The molecule has 1 N–H and O–H groups in total. The van der Waals surface area contributed by atoms with Crippen LogP contribution >= 0.6 is 11.6 Å². The molecular weight excluding hydrogens is 272 g/mol. The van der Waals surface area contributed by atoms with E-state index in [1.807, 2.05) is 0 Å². The normalized spacial score (nSPS) is 19.5. The third-order valence-corrected chi connectivity index (χ3v) is 2.91. The van der Waals surface area contributed by atoms with Crippen molar-refractivity contribution in [1.29, 1.82) is 0 Å². The molecule has 1 fully saturated rings. The summed E-state index contributed by atoms with van der Waals surface area (Å²) in [6.45, 7) is 1.94. The lowest BCUT2D eigenvalue weighted by atomic mass is 10.2. The number of nitrogens with zero attached hydrogens (tertiary/aromatic N) is 3. The number of hydrogen-bond acceptors (Lipinski definition) is 6. The first kappa shape index (κ1) is 13.7. The number of aromatic nitrogens is 2. The van der Waals surface area contributed by atoms with E-state index in [1.165, 1.54) is 13.2 Å². The Morgan fingerprint density at radius 2 is 2.26 bits per heavy atom. The van der Waals surface area contributed by atoms with Gasteiger partial charge in [-0.15, -0.1) is 0 Å². The summed E-state index contributed by atoms with van der Waals surface area (Å²) in [6.07, 6.45) is 0. The second-order valence-corrected chi connectivity index (χ2v) is 4.50. The van der Waals surface area contributed by atoms with Gasteiger partial charge < -0.3 is 9.64 Å². The summed E-state index contributed by atoms with van der Waals surface area (Å²) in [4.78, 5) is 32.8. The van der Waals surface area contributed by atoms with Crippen LogP contribution in [0.3, 0.4) is 0 Å². The lowest BCUT2D eigenvalue weighted by Crippen LogP contribution is -2.57. The smallest absolute Gasteiger partial charge is 0.249 e. The molecular formula is C11H13ClN4O3. The summed E-state index contributed by atoms with van der Waals surface area (Å²) >= 11 is 5.91. The van der Waals surface area contributed by atoms with E-state index in [0.29, 0.717) is 11.6 Å². The van der Waals surface area contributed by atoms with Crippen LogP contribution in [0.15, 0.2) is 6.07 Å². The van der Waals surface area contributed by atoms with Crippen molar-refractivity contribution in [3.05, 3.63) is 17.0 Å². The molecule has 102 valence electrons. The van der Waals surface area contributed by atoms with E-state index in [9.17, 15) is 9.59 Å². The summed E-state index contributed by atoms with van der Waals surface area (Å²) in [7, 11) is 1.52. The van der Waals surface area contributed by atoms with Gasteiger partial charge in [0.1, 0.15) is 23.6 Å². The number of carbonyl (C=O) groups excluding carboxylic acids is 2. The van der Waals surface area contributed by atoms with Crippen LogP contribution < -0.4 is 10.2 Å². The van der Waals surface area contributed by atoms with Gasteiger partial charge in [0.25, 0.3) is 0 Å². The molecule has 1 aliphatic rings. The van der Waals surface area contributed by atoms with Gasteiger partial charge in [0.05, 0.1) is 6.54 Å². The molecule has 1 unspecified atom stereocenters. The second kappa shape index (κ2) is 5.50. The molecule has 2 amide bonds. The summed E-state index contributed by atoms with van der Waals surface area (Å²) in [5.41, 5.74) is 0. The summed E-state index contributed by atoms with van der Waals surface area (Å²) in [5.74, 6) is 0.101. The third kappa shape index (κ3) is 2.99. The van der Waals surface area contributed by atoms with E-state index in [2.05, 4.69) is 15.3 Å². The lowest BCUT2D eigenvalue weighted by molar-refractivity contribution is -0.132. The van der Waals surface area contributed by atoms with Crippen LogP contribution in [0, 0.1) is 0 Å². The Bertz CT molecular complexity index is 523. The van der Waals surface area contributed by atoms with Gasteiger partial charge in [0.15, 0.2) is 5.82 Å². The molecule has 8 heteroatoms. The Hall–Kier alpha value is -1.73. The number of piperazine rings is 1. The summed E-state index contributed by atoms with van der Waals surface area (Å²) in [5, 5.41) is 2.50. The Kier molecular flexibility index (Phi) is 3.96. The largest absolute Gasteiger partial charge is 0.377 e. The number of rotatable bonds is 3. The standard InChI is InChI=1S/C11H13ClN4O3/c1-6-11(18)15-10(17)4-16(6)9-3-7(12)13-8(14-9)5-19-2/h3,6H,4-5H2,1-2H3,(H,15,17,18). The molecule has 2 heterocycles. The molecule has 2 rings (SSSR count). The van der Waals surface area contributed by atoms with Gasteiger partial charge in [0.2, 0.25) is 11.8 Å². The van der Waals surface area contributed by atoms with E-state index in [0.717, 1.165) is 0 Å². The van der Waals surface area contributed by atoms with Gasteiger partial charge in [-0.05, 0) is 6.92 Å². The van der Waals surface area contributed by atoms with Crippen LogP contribution in [0.1, 0.15) is 12.7 Å². The fourth-order valence-corrected chi connectivity index (χ4v) is 1.98. The highest BCUT2D eigenvalue weighted by Crippen LogP contribution is 2.20. The molecule has 0 saturated carbocycles. The number of hydrogen-bond donors (Lipinski definition) is 1. The number of ether oxygens (including phenoxy) is 1. The number of anilines is 1. The molecule has 0 bridgehead atoms. The van der Waals surface area contributed by atoms with Gasteiger partial charge >= 0.3 is 0 Å². The molecule has 1 aromatic rings. The van der Waals surface area contributed by atoms with Crippen LogP contribution in [0.4, 0.5) is 5.82 Å². The number of methoxy groups -OCH3 is 1. The maximum absolute atomic E-state index is 11.6. The minimum Gasteiger partial charge on any atom is -0.377 e. The maximum atomic E-state index is 11.6. The average Bonchev–Trinajstić information content (AvgIpc) is 2.33. The number of halogens is 1. The van der Waals surface area contributed by atoms with Crippen molar-refractivity contribution >= 4 is 29.2 Å². The Morgan fingerprint density at radius 1 is 1.53 bits per heavy atom. The molecule has 0 spiro atoms. The highest BCUT2D eigenvalue weighted by atomic mass is 35.5. The summed E-state index contributed by atoms with van der Waals surface area (Å²) < 4.78 is 4.95. The predicted octanol–water partition coefficient (Wildman–Crippen LogP) is 0.128. The minimum atomic E-state index is -0.501. The topological polar surface area (TPSA) is 84.4 Å². The van der Waals surface area contributed by atoms with Gasteiger partial charge in [-0.1, -0.05) is 11.6 Å².